The molecule has 0 saturated heterocycles. The summed E-state index contributed by atoms with van der Waals surface area (Å²) in [6.45, 7) is 7.10. The first-order chi connectivity index (χ1) is 8.05. The number of nitriles is 1. The van der Waals surface area contributed by atoms with Gasteiger partial charge in [0.2, 0.25) is 0 Å². The lowest BCUT2D eigenvalue weighted by Gasteiger charge is -2.24. The first-order valence-corrected chi connectivity index (χ1v) is 6.87. The molecular weight excluding hydrogens is 210 g/mol. The molecule has 1 aliphatic rings. The molecule has 1 fully saturated rings. The van der Waals surface area contributed by atoms with Crippen molar-refractivity contribution in [1.29, 1.82) is 5.26 Å². The fourth-order valence-electron chi connectivity index (χ4n) is 2.36. The van der Waals surface area contributed by atoms with Crippen molar-refractivity contribution < 1.29 is 0 Å². The molecule has 0 unspecified atom stereocenters. The Morgan fingerprint density at radius 2 is 1.94 bits per heavy atom. The molecule has 0 bridgehead atoms. The third-order valence-electron chi connectivity index (χ3n) is 3.82. The molecule has 98 valence electrons. The van der Waals surface area contributed by atoms with Gasteiger partial charge in [0.05, 0.1) is 11.5 Å². The highest BCUT2D eigenvalue weighted by molar-refractivity contribution is 4.91. The van der Waals surface area contributed by atoms with Crippen LogP contribution in [0, 0.1) is 16.7 Å². The quantitative estimate of drug-likeness (QED) is 0.691. The van der Waals surface area contributed by atoms with E-state index in [4.69, 9.17) is 5.26 Å². The zero-order valence-corrected chi connectivity index (χ0v) is 11.6. The number of hydrogen-bond acceptors (Lipinski definition) is 3. The lowest BCUT2D eigenvalue weighted by atomic mass is 9.91. The van der Waals surface area contributed by atoms with E-state index < -0.39 is 0 Å². The van der Waals surface area contributed by atoms with Crippen molar-refractivity contribution in [2.45, 2.75) is 52.0 Å². The van der Waals surface area contributed by atoms with E-state index in [1.54, 1.807) is 0 Å². The smallest absolute Gasteiger partial charge is 0.0684 e. The number of likely N-dealkylation sites (N-methyl/N-ethyl adjacent to an activating group) is 1. The van der Waals surface area contributed by atoms with Crippen LogP contribution in [0.2, 0.25) is 0 Å². The summed E-state index contributed by atoms with van der Waals surface area (Å²) in [5, 5.41) is 12.3. The Balaban J connectivity index is 2.02. The Kier molecular flexibility index (Phi) is 5.94. The molecule has 3 heteroatoms. The van der Waals surface area contributed by atoms with E-state index in [2.05, 4.69) is 23.3 Å². The van der Waals surface area contributed by atoms with Gasteiger partial charge in [0.15, 0.2) is 0 Å². The maximum Gasteiger partial charge on any atom is 0.0684 e. The average Bonchev–Trinajstić information content (AvgIpc) is 2.82. The predicted molar refractivity (Wildman–Crippen MR) is 71.8 cm³/mol. The molecule has 0 atom stereocenters. The van der Waals surface area contributed by atoms with Gasteiger partial charge in [-0.05, 0) is 46.7 Å². The van der Waals surface area contributed by atoms with Crippen LogP contribution in [0.25, 0.3) is 0 Å². The zero-order valence-electron chi connectivity index (χ0n) is 11.6. The molecule has 0 aliphatic heterocycles. The summed E-state index contributed by atoms with van der Waals surface area (Å²) in [7, 11) is 2.23. The highest BCUT2D eigenvalue weighted by Gasteiger charge is 2.19. The standard InChI is InChI=1S/C14H27N3/c1-14(2,12-15)8-9-16-10-11-17(3)13-6-4-5-7-13/h13,16H,4-11H2,1-3H3. The summed E-state index contributed by atoms with van der Waals surface area (Å²) >= 11 is 0. The molecule has 0 aromatic rings. The van der Waals surface area contributed by atoms with E-state index >= 15 is 0 Å². The molecule has 0 heterocycles. The molecule has 3 nitrogen and oxygen atoms in total. The topological polar surface area (TPSA) is 39.1 Å². The van der Waals surface area contributed by atoms with Gasteiger partial charge in [-0.2, -0.15) is 5.26 Å². The molecule has 0 amide bonds. The molecular formula is C14H27N3. The van der Waals surface area contributed by atoms with E-state index in [0.717, 1.165) is 32.1 Å². The summed E-state index contributed by atoms with van der Waals surface area (Å²) < 4.78 is 0. The first kappa shape index (κ1) is 14.5. The van der Waals surface area contributed by atoms with Gasteiger partial charge in [0.25, 0.3) is 0 Å². The van der Waals surface area contributed by atoms with Gasteiger partial charge in [0.1, 0.15) is 0 Å². The number of nitrogens with one attached hydrogen (secondary N) is 1. The van der Waals surface area contributed by atoms with Crippen molar-refractivity contribution >= 4 is 0 Å². The van der Waals surface area contributed by atoms with Gasteiger partial charge in [-0.1, -0.05) is 12.8 Å². The van der Waals surface area contributed by atoms with E-state index in [0.29, 0.717) is 0 Å². The van der Waals surface area contributed by atoms with Crippen molar-refractivity contribution in [1.82, 2.24) is 10.2 Å². The summed E-state index contributed by atoms with van der Waals surface area (Å²) in [4.78, 5) is 2.48. The second-order valence-corrected chi connectivity index (χ2v) is 5.91. The van der Waals surface area contributed by atoms with Gasteiger partial charge < -0.3 is 10.2 Å². The minimum absolute atomic E-state index is 0.190. The van der Waals surface area contributed by atoms with Gasteiger partial charge >= 0.3 is 0 Å². The molecule has 1 saturated carbocycles. The molecule has 0 aromatic heterocycles. The van der Waals surface area contributed by atoms with Crippen LogP contribution in [-0.2, 0) is 0 Å². The SMILES string of the molecule is CN(CCNCCC(C)(C)C#N)C1CCCC1. The first-order valence-electron chi connectivity index (χ1n) is 6.87. The van der Waals surface area contributed by atoms with Crippen LogP contribution in [0.3, 0.4) is 0 Å². The molecule has 1 rings (SSSR count). The Labute approximate surface area is 106 Å². The Bertz CT molecular complexity index is 249. The normalized spacial score (nSPS) is 17.6. The van der Waals surface area contributed by atoms with Crippen LogP contribution in [0.5, 0.6) is 0 Å². The highest BCUT2D eigenvalue weighted by atomic mass is 15.1. The van der Waals surface area contributed by atoms with Crippen LogP contribution < -0.4 is 5.32 Å². The second-order valence-electron chi connectivity index (χ2n) is 5.91. The number of nitrogens with zero attached hydrogens (tertiary/aromatic N) is 2. The van der Waals surface area contributed by atoms with Crippen LogP contribution in [-0.4, -0.2) is 37.6 Å². The Morgan fingerprint density at radius 3 is 2.53 bits per heavy atom. The molecule has 0 aromatic carbocycles. The molecule has 0 radical (unpaired) electrons. The van der Waals surface area contributed by atoms with Gasteiger partial charge in [-0.3, -0.25) is 0 Å². The largest absolute Gasteiger partial charge is 0.315 e. The van der Waals surface area contributed by atoms with E-state index in [1.807, 2.05) is 13.8 Å². The summed E-state index contributed by atoms with van der Waals surface area (Å²) in [6, 6.07) is 3.15. The molecule has 17 heavy (non-hydrogen) atoms. The third kappa shape index (κ3) is 5.52. The van der Waals surface area contributed by atoms with E-state index in [-0.39, 0.29) is 5.41 Å². The molecule has 1 aliphatic carbocycles. The lowest BCUT2D eigenvalue weighted by Crippen LogP contribution is -2.36. The number of rotatable bonds is 7. The van der Waals surface area contributed by atoms with Crippen LogP contribution in [0.4, 0.5) is 0 Å². The minimum atomic E-state index is -0.190. The third-order valence-corrected chi connectivity index (χ3v) is 3.82. The van der Waals surface area contributed by atoms with Crippen LogP contribution >= 0.6 is 0 Å². The summed E-state index contributed by atoms with van der Waals surface area (Å²) in [5.74, 6) is 0. The fourth-order valence-corrected chi connectivity index (χ4v) is 2.36. The average molecular weight is 237 g/mol. The Hall–Kier alpha value is -0.590. The summed E-state index contributed by atoms with van der Waals surface area (Å²) in [6.07, 6.45) is 6.48. The van der Waals surface area contributed by atoms with Crippen LogP contribution in [0.1, 0.15) is 46.0 Å². The van der Waals surface area contributed by atoms with Crippen molar-refractivity contribution in [3.8, 4) is 6.07 Å². The van der Waals surface area contributed by atoms with Crippen molar-refractivity contribution in [3.63, 3.8) is 0 Å². The maximum absolute atomic E-state index is 8.90. The van der Waals surface area contributed by atoms with Gasteiger partial charge in [-0.15, -0.1) is 0 Å². The monoisotopic (exact) mass is 237 g/mol. The predicted octanol–water partition coefficient (Wildman–Crippen LogP) is 2.39. The van der Waals surface area contributed by atoms with Gasteiger partial charge in [0, 0.05) is 19.1 Å². The van der Waals surface area contributed by atoms with E-state index in [1.165, 1.54) is 25.7 Å². The molecule has 0 spiro atoms. The van der Waals surface area contributed by atoms with Crippen LogP contribution in [0.15, 0.2) is 0 Å². The van der Waals surface area contributed by atoms with Crippen molar-refractivity contribution in [2.24, 2.45) is 5.41 Å². The highest BCUT2D eigenvalue weighted by Crippen LogP contribution is 2.21. The molecule has 1 N–H and O–H groups in total. The fraction of sp³-hybridized carbons (Fsp3) is 0.929. The second kappa shape index (κ2) is 6.98. The minimum Gasteiger partial charge on any atom is -0.315 e. The zero-order chi connectivity index (χ0) is 12.7. The van der Waals surface area contributed by atoms with Gasteiger partial charge in [-0.25, -0.2) is 0 Å². The van der Waals surface area contributed by atoms with E-state index in [9.17, 15) is 0 Å². The lowest BCUT2D eigenvalue weighted by molar-refractivity contribution is 0.244. The maximum atomic E-state index is 8.90. The summed E-state index contributed by atoms with van der Waals surface area (Å²) in [5.41, 5.74) is -0.190. The van der Waals surface area contributed by atoms with Crippen molar-refractivity contribution in [2.75, 3.05) is 26.7 Å². The number of hydrogen-bond donors (Lipinski definition) is 1. The Morgan fingerprint density at radius 1 is 1.29 bits per heavy atom. The van der Waals surface area contributed by atoms with Crippen molar-refractivity contribution in [3.05, 3.63) is 0 Å².